The number of hydrogen-bond acceptors (Lipinski definition) is 4. The van der Waals surface area contributed by atoms with E-state index in [0.29, 0.717) is 12.4 Å². The highest BCUT2D eigenvalue weighted by Crippen LogP contribution is 2.20. The van der Waals surface area contributed by atoms with Crippen molar-refractivity contribution in [2.24, 2.45) is 0 Å². The highest BCUT2D eigenvalue weighted by atomic mass is 16.2. The lowest BCUT2D eigenvalue weighted by Crippen LogP contribution is -2.64. The predicted molar refractivity (Wildman–Crippen MR) is 62.5 cm³/mol. The van der Waals surface area contributed by atoms with Crippen LogP contribution in [-0.4, -0.2) is 42.1 Å². The summed E-state index contributed by atoms with van der Waals surface area (Å²) >= 11 is 0. The molecule has 0 radical (unpaired) electrons. The van der Waals surface area contributed by atoms with E-state index in [2.05, 4.69) is 41.6 Å². The Morgan fingerprint density at radius 2 is 2.19 bits per heavy atom. The van der Waals surface area contributed by atoms with E-state index in [1.807, 2.05) is 0 Å². The highest BCUT2D eigenvalue weighted by Gasteiger charge is 2.35. The molecular formula is C11H20N4O. The van der Waals surface area contributed by atoms with Gasteiger partial charge in [-0.05, 0) is 20.8 Å². The van der Waals surface area contributed by atoms with E-state index in [1.165, 1.54) is 0 Å². The van der Waals surface area contributed by atoms with Gasteiger partial charge in [-0.15, -0.1) is 0 Å². The van der Waals surface area contributed by atoms with Gasteiger partial charge in [-0.2, -0.15) is 0 Å². The molecule has 3 N–H and O–H groups in total. The minimum absolute atomic E-state index is 0.0106. The molecule has 0 saturated carbocycles. The number of carbonyl (C=O) groups excluding carboxylic acids is 1. The van der Waals surface area contributed by atoms with Crippen LogP contribution in [0.4, 0.5) is 0 Å². The predicted octanol–water partition coefficient (Wildman–Crippen LogP) is -0.423. The molecule has 90 valence electrons. The first kappa shape index (κ1) is 11.3. The largest absolute Gasteiger partial charge is 0.372 e. The van der Waals surface area contributed by atoms with Gasteiger partial charge in [-0.3, -0.25) is 9.69 Å². The van der Waals surface area contributed by atoms with Gasteiger partial charge in [0.1, 0.15) is 5.70 Å². The lowest BCUT2D eigenvalue weighted by molar-refractivity contribution is -0.120. The molecule has 2 aliphatic heterocycles. The van der Waals surface area contributed by atoms with Crippen molar-refractivity contribution in [3.05, 3.63) is 11.9 Å². The first-order valence-corrected chi connectivity index (χ1v) is 5.70. The summed E-state index contributed by atoms with van der Waals surface area (Å²) in [6, 6.07) is 0.287. The molecule has 0 aromatic heterocycles. The molecule has 1 amide bonds. The van der Waals surface area contributed by atoms with Crippen LogP contribution in [0.15, 0.2) is 11.9 Å². The van der Waals surface area contributed by atoms with Crippen molar-refractivity contribution in [3.63, 3.8) is 0 Å². The second kappa shape index (κ2) is 3.97. The zero-order valence-corrected chi connectivity index (χ0v) is 10.1. The third kappa shape index (κ3) is 2.29. The van der Waals surface area contributed by atoms with Gasteiger partial charge >= 0.3 is 0 Å². The summed E-state index contributed by atoms with van der Waals surface area (Å²) < 4.78 is 0. The molecule has 0 aromatic carbocycles. The van der Waals surface area contributed by atoms with Gasteiger partial charge in [0, 0.05) is 24.8 Å². The molecule has 0 unspecified atom stereocenters. The third-order valence-electron chi connectivity index (χ3n) is 3.04. The van der Waals surface area contributed by atoms with Crippen LogP contribution in [-0.2, 0) is 4.79 Å². The van der Waals surface area contributed by atoms with E-state index < -0.39 is 0 Å². The van der Waals surface area contributed by atoms with Gasteiger partial charge in [0.25, 0.3) is 5.91 Å². The first-order chi connectivity index (χ1) is 7.47. The summed E-state index contributed by atoms with van der Waals surface area (Å²) in [5.74, 6) is -0.0106. The number of rotatable bonds is 2. The van der Waals surface area contributed by atoms with Gasteiger partial charge in [0.2, 0.25) is 0 Å². The fourth-order valence-electron chi connectivity index (χ4n) is 1.88. The molecule has 1 fully saturated rings. The number of likely N-dealkylation sites (tertiary alicyclic amines) is 1. The lowest BCUT2D eigenvalue weighted by atomic mass is 9.97. The monoisotopic (exact) mass is 224 g/mol. The van der Waals surface area contributed by atoms with Gasteiger partial charge in [0.15, 0.2) is 0 Å². The van der Waals surface area contributed by atoms with Gasteiger partial charge < -0.3 is 16.0 Å². The number of nitrogens with zero attached hydrogens (tertiary/aromatic N) is 1. The molecule has 0 atom stereocenters. The summed E-state index contributed by atoms with van der Waals surface area (Å²) in [6.45, 7) is 9.09. The zero-order chi connectivity index (χ0) is 11.8. The van der Waals surface area contributed by atoms with Crippen molar-refractivity contribution in [3.8, 4) is 0 Å². The van der Waals surface area contributed by atoms with Crippen LogP contribution in [0.2, 0.25) is 0 Å². The second-order valence-electron chi connectivity index (χ2n) is 5.36. The van der Waals surface area contributed by atoms with Gasteiger partial charge in [-0.1, -0.05) is 0 Å². The van der Waals surface area contributed by atoms with Crippen LogP contribution in [0.3, 0.4) is 0 Å². The number of carbonyl (C=O) groups is 1. The maximum Gasteiger partial charge on any atom is 0.269 e. The molecular weight excluding hydrogens is 204 g/mol. The van der Waals surface area contributed by atoms with Crippen molar-refractivity contribution in [1.82, 2.24) is 20.9 Å². The van der Waals surface area contributed by atoms with E-state index in [9.17, 15) is 4.79 Å². The summed E-state index contributed by atoms with van der Waals surface area (Å²) in [5, 5.41) is 8.94. The minimum Gasteiger partial charge on any atom is -0.372 e. The summed E-state index contributed by atoms with van der Waals surface area (Å²) in [6.07, 6.45) is 1.72. The molecule has 5 heteroatoms. The van der Waals surface area contributed by atoms with Crippen molar-refractivity contribution in [2.75, 3.05) is 19.8 Å². The second-order valence-corrected chi connectivity index (χ2v) is 5.36. The normalized spacial score (nSPS) is 21.8. The van der Waals surface area contributed by atoms with E-state index in [0.717, 1.165) is 13.1 Å². The van der Waals surface area contributed by atoms with Crippen molar-refractivity contribution in [1.29, 1.82) is 0 Å². The van der Waals surface area contributed by atoms with Gasteiger partial charge in [0.05, 0.1) is 12.7 Å². The van der Waals surface area contributed by atoms with Crippen LogP contribution in [0.5, 0.6) is 0 Å². The molecule has 0 aromatic rings. The highest BCUT2D eigenvalue weighted by molar-refractivity contribution is 5.93. The summed E-state index contributed by atoms with van der Waals surface area (Å²) in [7, 11) is 0. The minimum atomic E-state index is -0.0106. The number of nitrogens with one attached hydrogen (secondary N) is 3. The maximum absolute atomic E-state index is 11.7. The average Bonchev–Trinajstić information content (AvgIpc) is 2.60. The Hall–Kier alpha value is -1.23. The molecule has 2 aliphatic rings. The lowest BCUT2D eigenvalue weighted by Gasteiger charge is -2.47. The summed E-state index contributed by atoms with van der Waals surface area (Å²) in [5.41, 5.74) is 0.836. The molecule has 5 nitrogen and oxygen atoms in total. The van der Waals surface area contributed by atoms with Crippen molar-refractivity contribution in [2.45, 2.75) is 32.4 Å². The molecule has 0 aliphatic carbocycles. The Morgan fingerprint density at radius 1 is 1.50 bits per heavy atom. The fraction of sp³-hybridized carbons (Fsp3) is 0.727. The molecule has 16 heavy (non-hydrogen) atoms. The third-order valence-corrected chi connectivity index (χ3v) is 3.04. The van der Waals surface area contributed by atoms with Crippen LogP contribution in [0.1, 0.15) is 20.8 Å². The molecule has 0 bridgehead atoms. The fourth-order valence-corrected chi connectivity index (χ4v) is 1.88. The van der Waals surface area contributed by atoms with E-state index in [-0.39, 0.29) is 17.5 Å². The van der Waals surface area contributed by atoms with Crippen LogP contribution in [0, 0.1) is 0 Å². The molecule has 2 rings (SSSR count). The molecule has 1 saturated heterocycles. The standard InChI is InChI=1S/C11H20N4O/c1-11(2,3)15-5-8(6-15)14-10(16)9-4-12-7-13-9/h4,8,12-13H,5-7H2,1-3H3,(H,14,16). The summed E-state index contributed by atoms with van der Waals surface area (Å²) in [4.78, 5) is 14.1. The first-order valence-electron chi connectivity index (χ1n) is 5.70. The Balaban J connectivity index is 1.75. The molecule has 0 spiro atoms. The van der Waals surface area contributed by atoms with Crippen LogP contribution in [0.25, 0.3) is 0 Å². The van der Waals surface area contributed by atoms with E-state index in [1.54, 1.807) is 6.20 Å². The SMILES string of the molecule is CC(C)(C)N1CC(NC(=O)C2=CNCN2)C1. The van der Waals surface area contributed by atoms with Crippen LogP contribution < -0.4 is 16.0 Å². The van der Waals surface area contributed by atoms with E-state index >= 15 is 0 Å². The average molecular weight is 224 g/mol. The smallest absolute Gasteiger partial charge is 0.269 e. The van der Waals surface area contributed by atoms with E-state index in [4.69, 9.17) is 0 Å². The topological polar surface area (TPSA) is 56.4 Å². The van der Waals surface area contributed by atoms with Gasteiger partial charge in [-0.25, -0.2) is 0 Å². The quantitative estimate of drug-likeness (QED) is 0.596. The Bertz CT molecular complexity index is 312. The van der Waals surface area contributed by atoms with Crippen molar-refractivity contribution >= 4 is 5.91 Å². The Morgan fingerprint density at radius 3 is 2.69 bits per heavy atom. The Kier molecular flexibility index (Phi) is 2.80. The van der Waals surface area contributed by atoms with Crippen LogP contribution >= 0.6 is 0 Å². The zero-order valence-electron chi connectivity index (χ0n) is 10.1. The number of hydrogen-bond donors (Lipinski definition) is 3. The number of amides is 1. The Labute approximate surface area is 96.3 Å². The molecule has 2 heterocycles. The maximum atomic E-state index is 11.7. The van der Waals surface area contributed by atoms with Crippen molar-refractivity contribution < 1.29 is 4.79 Å².